The number of nitrogens with one attached hydrogen (secondary N) is 1. The van der Waals surface area contributed by atoms with Crippen molar-refractivity contribution < 1.29 is 9.53 Å². The Morgan fingerprint density at radius 2 is 2.00 bits per heavy atom. The minimum absolute atomic E-state index is 0.0620. The number of anilines is 2. The molecule has 3 rings (SSSR count). The Bertz CT molecular complexity index is 704. The number of methoxy groups -OCH3 is 1. The molecule has 1 N–H and O–H groups in total. The zero-order chi connectivity index (χ0) is 18.2. The lowest BCUT2D eigenvalue weighted by atomic mass is 10.2. The molecule has 0 radical (unpaired) electrons. The zero-order valence-electron chi connectivity index (χ0n) is 15.0. The van der Waals surface area contributed by atoms with E-state index in [4.69, 9.17) is 4.74 Å². The standard InChI is InChI=1S/C18H24N6O2/c1-26-14-4-8-20-18-21-9-6-15(22-18)17(25)24-12-10-23(11-13-24)16-5-2-3-7-19-16/h2-3,5-7,9H,4,8,10-14H2,1H3,(H,20,21,22). The molecule has 0 saturated carbocycles. The molecule has 2 aromatic heterocycles. The van der Waals surface area contributed by atoms with Gasteiger partial charge in [-0.3, -0.25) is 4.79 Å². The summed E-state index contributed by atoms with van der Waals surface area (Å²) >= 11 is 0. The van der Waals surface area contributed by atoms with Gasteiger partial charge in [0.05, 0.1) is 0 Å². The number of carbonyl (C=O) groups is 1. The highest BCUT2D eigenvalue weighted by Crippen LogP contribution is 2.14. The molecule has 0 spiro atoms. The first-order valence-corrected chi connectivity index (χ1v) is 8.79. The van der Waals surface area contributed by atoms with Crippen molar-refractivity contribution in [3.63, 3.8) is 0 Å². The summed E-state index contributed by atoms with van der Waals surface area (Å²) in [6.45, 7) is 4.19. The summed E-state index contributed by atoms with van der Waals surface area (Å²) in [4.78, 5) is 29.6. The smallest absolute Gasteiger partial charge is 0.272 e. The number of ether oxygens (including phenoxy) is 1. The van der Waals surface area contributed by atoms with Crippen LogP contribution in [0.5, 0.6) is 0 Å². The number of aromatic nitrogens is 3. The molecule has 138 valence electrons. The van der Waals surface area contributed by atoms with E-state index in [1.54, 1.807) is 25.6 Å². The van der Waals surface area contributed by atoms with Crippen molar-refractivity contribution in [2.45, 2.75) is 6.42 Å². The Balaban J connectivity index is 1.55. The fourth-order valence-corrected chi connectivity index (χ4v) is 2.82. The summed E-state index contributed by atoms with van der Waals surface area (Å²) in [7, 11) is 1.67. The number of hydrogen-bond donors (Lipinski definition) is 1. The minimum Gasteiger partial charge on any atom is -0.385 e. The van der Waals surface area contributed by atoms with E-state index >= 15 is 0 Å². The van der Waals surface area contributed by atoms with Gasteiger partial charge in [0.2, 0.25) is 5.95 Å². The van der Waals surface area contributed by atoms with Gasteiger partial charge in [0.25, 0.3) is 5.91 Å². The van der Waals surface area contributed by atoms with Crippen molar-refractivity contribution >= 4 is 17.7 Å². The number of pyridine rings is 1. The number of carbonyl (C=O) groups excluding carboxylic acids is 1. The topological polar surface area (TPSA) is 83.5 Å². The van der Waals surface area contributed by atoms with Gasteiger partial charge in [-0.2, -0.15) is 0 Å². The molecule has 1 fully saturated rings. The van der Waals surface area contributed by atoms with Gasteiger partial charge in [-0.05, 0) is 24.6 Å². The van der Waals surface area contributed by atoms with E-state index in [1.165, 1.54) is 0 Å². The molecule has 26 heavy (non-hydrogen) atoms. The Labute approximate surface area is 153 Å². The zero-order valence-corrected chi connectivity index (χ0v) is 15.0. The lowest BCUT2D eigenvalue weighted by Crippen LogP contribution is -2.49. The van der Waals surface area contributed by atoms with E-state index in [2.05, 4.69) is 25.2 Å². The molecule has 8 heteroatoms. The molecule has 0 aliphatic carbocycles. The maximum absolute atomic E-state index is 12.7. The molecule has 2 aromatic rings. The van der Waals surface area contributed by atoms with E-state index in [-0.39, 0.29) is 5.91 Å². The Morgan fingerprint density at radius 3 is 2.73 bits per heavy atom. The highest BCUT2D eigenvalue weighted by atomic mass is 16.5. The van der Waals surface area contributed by atoms with Crippen molar-refractivity contribution in [2.24, 2.45) is 0 Å². The number of amides is 1. The second kappa shape index (κ2) is 9.10. The second-order valence-corrected chi connectivity index (χ2v) is 6.01. The molecule has 0 aromatic carbocycles. The lowest BCUT2D eigenvalue weighted by Gasteiger charge is -2.35. The van der Waals surface area contributed by atoms with Gasteiger partial charge >= 0.3 is 0 Å². The predicted octanol–water partition coefficient (Wildman–Crippen LogP) is 1.28. The normalized spacial score (nSPS) is 14.3. The minimum atomic E-state index is -0.0620. The number of hydrogen-bond acceptors (Lipinski definition) is 7. The summed E-state index contributed by atoms with van der Waals surface area (Å²) in [6, 6.07) is 7.53. The predicted molar refractivity (Wildman–Crippen MR) is 99.4 cm³/mol. The van der Waals surface area contributed by atoms with Crippen molar-refractivity contribution in [1.82, 2.24) is 19.9 Å². The first-order chi connectivity index (χ1) is 12.8. The summed E-state index contributed by atoms with van der Waals surface area (Å²) in [5, 5.41) is 3.12. The SMILES string of the molecule is COCCCNc1nccc(C(=O)N2CCN(c3ccccn3)CC2)n1. The maximum Gasteiger partial charge on any atom is 0.272 e. The van der Waals surface area contributed by atoms with Crippen LogP contribution >= 0.6 is 0 Å². The summed E-state index contributed by atoms with van der Waals surface area (Å²) in [5.41, 5.74) is 0.417. The van der Waals surface area contributed by atoms with Gasteiger partial charge in [0, 0.05) is 58.8 Å². The van der Waals surface area contributed by atoms with Gasteiger partial charge in [-0.15, -0.1) is 0 Å². The number of rotatable bonds is 7. The van der Waals surface area contributed by atoms with Crippen LogP contribution in [0.1, 0.15) is 16.9 Å². The fraction of sp³-hybridized carbons (Fsp3) is 0.444. The fourth-order valence-electron chi connectivity index (χ4n) is 2.82. The molecule has 0 atom stereocenters. The van der Waals surface area contributed by atoms with E-state index in [9.17, 15) is 4.79 Å². The Morgan fingerprint density at radius 1 is 1.15 bits per heavy atom. The molecule has 1 aliphatic heterocycles. The van der Waals surface area contributed by atoms with Crippen LogP contribution in [0.25, 0.3) is 0 Å². The van der Waals surface area contributed by atoms with Crippen molar-refractivity contribution in [2.75, 3.05) is 56.7 Å². The highest BCUT2D eigenvalue weighted by molar-refractivity contribution is 5.92. The summed E-state index contributed by atoms with van der Waals surface area (Å²) in [6.07, 6.45) is 4.26. The highest BCUT2D eigenvalue weighted by Gasteiger charge is 2.23. The molecule has 8 nitrogen and oxygen atoms in total. The third-order valence-corrected chi connectivity index (χ3v) is 4.22. The van der Waals surface area contributed by atoms with Gasteiger partial charge in [-0.25, -0.2) is 15.0 Å². The quantitative estimate of drug-likeness (QED) is 0.748. The van der Waals surface area contributed by atoms with Crippen LogP contribution in [0.3, 0.4) is 0 Å². The van der Waals surface area contributed by atoms with Crippen LogP contribution in [0, 0.1) is 0 Å². The molecule has 1 saturated heterocycles. The van der Waals surface area contributed by atoms with Crippen molar-refractivity contribution in [3.8, 4) is 0 Å². The summed E-state index contributed by atoms with van der Waals surface area (Å²) < 4.78 is 5.01. The summed E-state index contributed by atoms with van der Waals surface area (Å²) in [5.74, 6) is 1.36. The van der Waals surface area contributed by atoms with Gasteiger partial charge in [-0.1, -0.05) is 6.07 Å². The number of piperazine rings is 1. The van der Waals surface area contributed by atoms with Crippen LogP contribution in [-0.2, 0) is 4.74 Å². The number of nitrogens with zero attached hydrogens (tertiary/aromatic N) is 5. The van der Waals surface area contributed by atoms with Gasteiger partial charge < -0.3 is 19.9 Å². The molecular formula is C18H24N6O2. The Hall–Kier alpha value is -2.74. The van der Waals surface area contributed by atoms with Crippen LogP contribution in [-0.4, -0.2) is 72.2 Å². The average Bonchev–Trinajstić information content (AvgIpc) is 2.72. The first-order valence-electron chi connectivity index (χ1n) is 8.79. The molecular weight excluding hydrogens is 332 g/mol. The third-order valence-electron chi connectivity index (χ3n) is 4.22. The van der Waals surface area contributed by atoms with E-state index in [0.717, 1.165) is 25.3 Å². The monoisotopic (exact) mass is 356 g/mol. The van der Waals surface area contributed by atoms with Crippen LogP contribution in [0.4, 0.5) is 11.8 Å². The van der Waals surface area contributed by atoms with E-state index in [1.807, 2.05) is 23.1 Å². The molecule has 3 heterocycles. The van der Waals surface area contributed by atoms with Crippen molar-refractivity contribution in [1.29, 1.82) is 0 Å². The third kappa shape index (κ3) is 4.66. The lowest BCUT2D eigenvalue weighted by molar-refractivity contribution is 0.0740. The average molecular weight is 356 g/mol. The molecule has 1 amide bonds. The van der Waals surface area contributed by atoms with Gasteiger partial charge in [0.1, 0.15) is 11.5 Å². The first kappa shape index (κ1) is 18.1. The van der Waals surface area contributed by atoms with Crippen LogP contribution in [0.15, 0.2) is 36.7 Å². The molecule has 1 aliphatic rings. The van der Waals surface area contributed by atoms with E-state index in [0.29, 0.717) is 37.9 Å². The molecule has 0 unspecified atom stereocenters. The van der Waals surface area contributed by atoms with Crippen molar-refractivity contribution in [3.05, 3.63) is 42.4 Å². The van der Waals surface area contributed by atoms with E-state index < -0.39 is 0 Å². The van der Waals surface area contributed by atoms with Crippen LogP contribution < -0.4 is 10.2 Å². The van der Waals surface area contributed by atoms with Gasteiger partial charge in [0.15, 0.2) is 0 Å². The molecule has 0 bridgehead atoms. The van der Waals surface area contributed by atoms with Crippen LogP contribution in [0.2, 0.25) is 0 Å². The largest absolute Gasteiger partial charge is 0.385 e. The Kier molecular flexibility index (Phi) is 6.32. The second-order valence-electron chi connectivity index (χ2n) is 6.01. The maximum atomic E-state index is 12.7.